The van der Waals surface area contributed by atoms with Gasteiger partial charge >= 0.3 is 0 Å². The number of nitrogens with one attached hydrogen (secondary N) is 2. The Kier molecular flexibility index (Phi) is 7.49. The van der Waals surface area contributed by atoms with Crippen LogP contribution in [0.25, 0.3) is 0 Å². The lowest BCUT2D eigenvalue weighted by molar-refractivity contribution is 0.0617. The van der Waals surface area contributed by atoms with Crippen molar-refractivity contribution in [3.63, 3.8) is 0 Å². The maximum absolute atomic E-state index is 10.8. The molecule has 1 atom stereocenters. The number of guanidine groups is 1. The molecule has 2 aromatic rings. The van der Waals surface area contributed by atoms with Gasteiger partial charge in [0, 0.05) is 25.3 Å². The van der Waals surface area contributed by atoms with E-state index in [1.165, 1.54) is 11.3 Å². The number of nitrogens with zero attached hydrogens (tertiary/aromatic N) is 2. The van der Waals surface area contributed by atoms with Crippen LogP contribution in [0.5, 0.6) is 0 Å². The molecule has 156 valence electrons. The Hall–Kier alpha value is -2.57. The van der Waals surface area contributed by atoms with E-state index in [-0.39, 0.29) is 0 Å². The largest absolute Gasteiger partial charge is 0.384 e. The van der Waals surface area contributed by atoms with E-state index >= 15 is 0 Å². The van der Waals surface area contributed by atoms with Crippen molar-refractivity contribution in [2.75, 3.05) is 44.3 Å². The lowest BCUT2D eigenvalue weighted by Crippen LogP contribution is -2.44. The van der Waals surface area contributed by atoms with E-state index in [1.54, 1.807) is 0 Å². The molecule has 1 unspecified atom stereocenters. The molecule has 1 saturated heterocycles. The van der Waals surface area contributed by atoms with Gasteiger partial charge in [0.15, 0.2) is 5.96 Å². The average Bonchev–Trinajstić information content (AvgIpc) is 2.77. The van der Waals surface area contributed by atoms with Crippen LogP contribution in [0.4, 0.5) is 5.69 Å². The third-order valence-corrected chi connectivity index (χ3v) is 5.09. The molecule has 0 radical (unpaired) electrons. The summed E-state index contributed by atoms with van der Waals surface area (Å²) in [4.78, 5) is 7.12. The van der Waals surface area contributed by atoms with Gasteiger partial charge in [-0.1, -0.05) is 48.5 Å². The Morgan fingerprint density at radius 3 is 2.48 bits per heavy atom. The van der Waals surface area contributed by atoms with Gasteiger partial charge in [-0.2, -0.15) is 0 Å². The minimum atomic E-state index is -0.983. The van der Waals surface area contributed by atoms with E-state index in [1.807, 2.05) is 44.2 Å². The average molecular weight is 397 g/mol. The van der Waals surface area contributed by atoms with Gasteiger partial charge in [0.1, 0.15) is 5.60 Å². The number of benzene rings is 2. The van der Waals surface area contributed by atoms with Crippen molar-refractivity contribution < 1.29 is 9.84 Å². The molecule has 0 amide bonds. The quantitative estimate of drug-likeness (QED) is 0.496. The minimum absolute atomic E-state index is 0.369. The number of hydrogen-bond acceptors (Lipinski definition) is 4. The summed E-state index contributed by atoms with van der Waals surface area (Å²) in [5.74, 6) is 0.695. The highest BCUT2D eigenvalue weighted by atomic mass is 16.5. The fourth-order valence-corrected chi connectivity index (χ4v) is 3.42. The first-order valence-electron chi connectivity index (χ1n) is 10.3. The standard InChI is InChI=1S/C23H32N4O2/c1-3-24-22(26-18-23(2,28)20-10-5-4-6-11-20)25-17-19-9-7-8-12-21(19)27-13-15-29-16-14-27/h4-12,28H,3,13-18H2,1-2H3,(H2,24,25,26). The number of rotatable bonds is 7. The summed E-state index contributed by atoms with van der Waals surface area (Å²) in [5.41, 5.74) is 2.29. The lowest BCUT2D eigenvalue weighted by atomic mass is 9.96. The summed E-state index contributed by atoms with van der Waals surface area (Å²) in [7, 11) is 0. The number of morpholine rings is 1. The predicted molar refractivity (Wildman–Crippen MR) is 118 cm³/mol. The number of anilines is 1. The van der Waals surface area contributed by atoms with Gasteiger partial charge in [-0.3, -0.25) is 0 Å². The molecular weight excluding hydrogens is 364 g/mol. The van der Waals surface area contributed by atoms with Gasteiger partial charge in [-0.15, -0.1) is 0 Å². The molecule has 0 saturated carbocycles. The fraction of sp³-hybridized carbons (Fsp3) is 0.435. The van der Waals surface area contributed by atoms with Gasteiger partial charge < -0.3 is 25.4 Å². The van der Waals surface area contributed by atoms with Crippen LogP contribution in [0.3, 0.4) is 0 Å². The zero-order valence-electron chi connectivity index (χ0n) is 17.4. The normalized spacial score (nSPS) is 16.9. The highest BCUT2D eigenvalue weighted by molar-refractivity contribution is 5.80. The van der Waals surface area contributed by atoms with Gasteiger partial charge in [-0.05, 0) is 31.0 Å². The van der Waals surface area contributed by atoms with Gasteiger partial charge in [0.2, 0.25) is 0 Å². The first-order chi connectivity index (χ1) is 14.1. The van der Waals surface area contributed by atoms with Crippen molar-refractivity contribution in [2.45, 2.75) is 26.0 Å². The Bertz CT molecular complexity index is 786. The van der Waals surface area contributed by atoms with Crippen molar-refractivity contribution in [1.29, 1.82) is 0 Å². The Morgan fingerprint density at radius 1 is 1.07 bits per heavy atom. The number of para-hydroxylation sites is 1. The number of ether oxygens (including phenoxy) is 1. The molecule has 0 bridgehead atoms. The van der Waals surface area contributed by atoms with E-state index < -0.39 is 5.60 Å². The van der Waals surface area contributed by atoms with Crippen LogP contribution in [0, 0.1) is 0 Å². The van der Waals surface area contributed by atoms with Crippen molar-refractivity contribution in [2.24, 2.45) is 4.99 Å². The van der Waals surface area contributed by atoms with Gasteiger partial charge in [0.25, 0.3) is 0 Å². The van der Waals surface area contributed by atoms with Crippen molar-refractivity contribution in [1.82, 2.24) is 10.6 Å². The highest BCUT2D eigenvalue weighted by Crippen LogP contribution is 2.22. The van der Waals surface area contributed by atoms with Crippen LogP contribution in [0.2, 0.25) is 0 Å². The van der Waals surface area contributed by atoms with Crippen LogP contribution in [0.1, 0.15) is 25.0 Å². The number of aliphatic hydroxyl groups is 1. The topological polar surface area (TPSA) is 69.1 Å². The van der Waals surface area contributed by atoms with Gasteiger partial charge in [0.05, 0.1) is 26.3 Å². The molecule has 29 heavy (non-hydrogen) atoms. The third kappa shape index (κ3) is 5.95. The van der Waals surface area contributed by atoms with Crippen molar-refractivity contribution >= 4 is 11.6 Å². The first kappa shape index (κ1) is 21.1. The zero-order chi connectivity index (χ0) is 20.5. The fourth-order valence-electron chi connectivity index (χ4n) is 3.42. The second-order valence-corrected chi connectivity index (χ2v) is 7.42. The maximum atomic E-state index is 10.8. The van der Waals surface area contributed by atoms with Crippen LogP contribution >= 0.6 is 0 Å². The molecule has 0 aromatic heterocycles. The maximum Gasteiger partial charge on any atom is 0.191 e. The summed E-state index contributed by atoms with van der Waals surface area (Å²) in [5, 5.41) is 17.4. The summed E-state index contributed by atoms with van der Waals surface area (Å²) >= 11 is 0. The Morgan fingerprint density at radius 2 is 1.76 bits per heavy atom. The second-order valence-electron chi connectivity index (χ2n) is 7.42. The lowest BCUT2D eigenvalue weighted by Gasteiger charge is -2.30. The monoisotopic (exact) mass is 396 g/mol. The number of hydrogen-bond donors (Lipinski definition) is 3. The molecule has 1 heterocycles. The predicted octanol–water partition coefficient (Wildman–Crippen LogP) is 2.49. The minimum Gasteiger partial charge on any atom is -0.384 e. The van der Waals surface area contributed by atoms with Crippen LogP contribution < -0.4 is 15.5 Å². The Labute approximate surface area is 173 Å². The summed E-state index contributed by atoms with van der Waals surface area (Å²) in [6, 6.07) is 18.1. The van der Waals surface area contributed by atoms with Crippen LogP contribution in [-0.2, 0) is 16.9 Å². The molecule has 3 rings (SSSR count). The van der Waals surface area contributed by atoms with Crippen LogP contribution in [-0.4, -0.2) is 50.5 Å². The molecule has 1 aliphatic rings. The Balaban J connectivity index is 1.68. The van der Waals surface area contributed by atoms with Crippen molar-refractivity contribution in [3.8, 4) is 0 Å². The van der Waals surface area contributed by atoms with E-state index in [4.69, 9.17) is 9.73 Å². The number of aliphatic imine (C=N–C) groups is 1. The molecule has 3 N–H and O–H groups in total. The molecule has 2 aromatic carbocycles. The van der Waals surface area contributed by atoms with E-state index in [2.05, 4.69) is 39.8 Å². The SMILES string of the molecule is CCNC(=NCc1ccccc1N1CCOCC1)NCC(C)(O)c1ccccc1. The second kappa shape index (κ2) is 10.3. The summed E-state index contributed by atoms with van der Waals surface area (Å²) < 4.78 is 5.48. The van der Waals surface area contributed by atoms with Gasteiger partial charge in [-0.25, -0.2) is 4.99 Å². The van der Waals surface area contributed by atoms with Crippen molar-refractivity contribution in [3.05, 3.63) is 65.7 Å². The smallest absolute Gasteiger partial charge is 0.191 e. The van der Waals surface area contributed by atoms with Crippen LogP contribution in [0.15, 0.2) is 59.6 Å². The molecule has 0 aliphatic carbocycles. The summed E-state index contributed by atoms with van der Waals surface area (Å²) in [6.45, 7) is 8.86. The van der Waals surface area contributed by atoms with E-state index in [9.17, 15) is 5.11 Å². The third-order valence-electron chi connectivity index (χ3n) is 5.09. The molecule has 1 aliphatic heterocycles. The zero-order valence-corrected chi connectivity index (χ0v) is 17.4. The first-order valence-corrected chi connectivity index (χ1v) is 10.3. The van der Waals surface area contributed by atoms with E-state index in [0.29, 0.717) is 19.0 Å². The molecule has 6 nitrogen and oxygen atoms in total. The molecular formula is C23H32N4O2. The molecule has 0 spiro atoms. The highest BCUT2D eigenvalue weighted by Gasteiger charge is 2.23. The summed E-state index contributed by atoms with van der Waals surface area (Å²) in [6.07, 6.45) is 0. The molecule has 6 heteroatoms. The molecule has 1 fully saturated rings. The van der Waals surface area contributed by atoms with E-state index in [0.717, 1.165) is 38.4 Å².